The Hall–Kier alpha value is -0.830. The van der Waals surface area contributed by atoms with E-state index in [9.17, 15) is 0 Å². The van der Waals surface area contributed by atoms with Gasteiger partial charge in [0.15, 0.2) is 0 Å². The lowest BCUT2D eigenvalue weighted by molar-refractivity contribution is 0.230. The zero-order valence-corrected chi connectivity index (χ0v) is 6.62. The van der Waals surface area contributed by atoms with Gasteiger partial charge in [0.2, 0.25) is 0 Å². The van der Waals surface area contributed by atoms with E-state index >= 15 is 0 Å². The standard InChI is InChI=1S/C8H12N2O/c1-10-5-9-7-2-6(4-11)3-8(7)10/h5-6,11H,2-4H2,1H3. The molecule has 3 heteroatoms. The fourth-order valence-electron chi connectivity index (χ4n) is 1.68. The van der Waals surface area contributed by atoms with Gasteiger partial charge >= 0.3 is 0 Å². The van der Waals surface area contributed by atoms with Crippen LogP contribution in [0.1, 0.15) is 11.4 Å². The Bertz CT molecular complexity index is 267. The van der Waals surface area contributed by atoms with Gasteiger partial charge in [0.05, 0.1) is 12.0 Å². The van der Waals surface area contributed by atoms with Crippen molar-refractivity contribution in [2.45, 2.75) is 12.8 Å². The highest BCUT2D eigenvalue weighted by Crippen LogP contribution is 2.24. The minimum Gasteiger partial charge on any atom is -0.396 e. The number of aliphatic hydroxyl groups is 1. The minimum atomic E-state index is 0.288. The Labute approximate surface area is 65.7 Å². The van der Waals surface area contributed by atoms with Crippen molar-refractivity contribution in [3.63, 3.8) is 0 Å². The number of aryl methyl sites for hydroxylation is 1. The molecule has 0 saturated heterocycles. The molecule has 0 bridgehead atoms. The molecule has 0 aromatic carbocycles. The lowest BCUT2D eigenvalue weighted by Crippen LogP contribution is -2.06. The molecule has 1 N–H and O–H groups in total. The number of rotatable bonds is 1. The molecule has 0 fully saturated rings. The summed E-state index contributed by atoms with van der Waals surface area (Å²) >= 11 is 0. The Kier molecular flexibility index (Phi) is 1.46. The maximum atomic E-state index is 8.91. The third kappa shape index (κ3) is 0.959. The summed E-state index contributed by atoms with van der Waals surface area (Å²) < 4.78 is 2.05. The molecule has 1 atom stereocenters. The van der Waals surface area contributed by atoms with Crippen molar-refractivity contribution < 1.29 is 5.11 Å². The third-order valence-corrected chi connectivity index (χ3v) is 2.37. The molecule has 11 heavy (non-hydrogen) atoms. The van der Waals surface area contributed by atoms with Gasteiger partial charge in [-0.3, -0.25) is 0 Å². The zero-order valence-electron chi connectivity index (χ0n) is 6.62. The molecular weight excluding hydrogens is 140 g/mol. The summed E-state index contributed by atoms with van der Waals surface area (Å²) in [7, 11) is 2.01. The van der Waals surface area contributed by atoms with Crippen molar-refractivity contribution >= 4 is 0 Å². The van der Waals surface area contributed by atoms with Gasteiger partial charge < -0.3 is 9.67 Å². The van der Waals surface area contributed by atoms with Crippen molar-refractivity contribution in [2.75, 3.05) is 6.61 Å². The lowest BCUT2D eigenvalue weighted by atomic mass is 10.1. The highest BCUT2D eigenvalue weighted by Gasteiger charge is 2.23. The van der Waals surface area contributed by atoms with Crippen LogP contribution in [0.3, 0.4) is 0 Å². The van der Waals surface area contributed by atoms with Gasteiger partial charge in [-0.1, -0.05) is 0 Å². The first-order valence-corrected chi connectivity index (χ1v) is 3.91. The van der Waals surface area contributed by atoms with Crippen LogP contribution in [0.4, 0.5) is 0 Å². The Morgan fingerprint density at radius 1 is 1.73 bits per heavy atom. The van der Waals surface area contributed by atoms with Crippen molar-refractivity contribution in [1.29, 1.82) is 0 Å². The highest BCUT2D eigenvalue weighted by molar-refractivity contribution is 5.20. The van der Waals surface area contributed by atoms with Crippen molar-refractivity contribution in [3.8, 4) is 0 Å². The largest absolute Gasteiger partial charge is 0.396 e. The van der Waals surface area contributed by atoms with Gasteiger partial charge in [0.1, 0.15) is 0 Å². The van der Waals surface area contributed by atoms with Crippen LogP contribution in [0.2, 0.25) is 0 Å². The Morgan fingerprint density at radius 3 is 3.18 bits per heavy atom. The minimum absolute atomic E-state index is 0.288. The summed E-state index contributed by atoms with van der Waals surface area (Å²) in [6.07, 6.45) is 3.78. The van der Waals surface area contributed by atoms with Gasteiger partial charge in [-0.25, -0.2) is 4.98 Å². The molecule has 2 rings (SSSR count). The fraction of sp³-hybridized carbons (Fsp3) is 0.625. The van der Waals surface area contributed by atoms with Crippen LogP contribution in [0.15, 0.2) is 6.33 Å². The topological polar surface area (TPSA) is 38.0 Å². The average molecular weight is 152 g/mol. The second-order valence-electron chi connectivity index (χ2n) is 3.21. The molecule has 0 aliphatic heterocycles. The van der Waals surface area contributed by atoms with Crippen LogP contribution in [0.25, 0.3) is 0 Å². The van der Waals surface area contributed by atoms with Gasteiger partial charge in [-0.05, 0) is 18.8 Å². The van der Waals surface area contributed by atoms with Crippen molar-refractivity contribution in [1.82, 2.24) is 9.55 Å². The maximum absolute atomic E-state index is 8.91. The average Bonchev–Trinajstić information content (AvgIpc) is 2.53. The number of aliphatic hydroxyl groups excluding tert-OH is 1. The molecule has 1 unspecified atom stereocenters. The fourth-order valence-corrected chi connectivity index (χ4v) is 1.68. The van der Waals surface area contributed by atoms with Crippen molar-refractivity contribution in [3.05, 3.63) is 17.7 Å². The number of nitrogens with zero attached hydrogens (tertiary/aromatic N) is 2. The predicted octanol–water partition coefficient (Wildman–Crippen LogP) is 0.127. The van der Waals surface area contributed by atoms with E-state index in [0.29, 0.717) is 5.92 Å². The zero-order chi connectivity index (χ0) is 7.84. The van der Waals surface area contributed by atoms with Crippen LogP contribution in [0.5, 0.6) is 0 Å². The molecule has 0 radical (unpaired) electrons. The summed E-state index contributed by atoms with van der Waals surface area (Å²) in [4.78, 5) is 4.25. The third-order valence-electron chi connectivity index (χ3n) is 2.37. The van der Waals surface area contributed by atoms with Crippen LogP contribution < -0.4 is 0 Å². The Morgan fingerprint density at radius 2 is 2.55 bits per heavy atom. The molecule has 1 heterocycles. The van der Waals surface area contributed by atoms with Gasteiger partial charge in [0.25, 0.3) is 0 Å². The molecule has 0 saturated carbocycles. The van der Waals surface area contributed by atoms with Crippen LogP contribution in [-0.2, 0) is 19.9 Å². The number of hydrogen-bond donors (Lipinski definition) is 1. The van der Waals surface area contributed by atoms with Gasteiger partial charge in [0, 0.05) is 19.3 Å². The van der Waals surface area contributed by atoms with E-state index in [-0.39, 0.29) is 6.61 Å². The number of aromatic nitrogens is 2. The normalized spacial score (nSPS) is 22.2. The van der Waals surface area contributed by atoms with E-state index in [4.69, 9.17) is 5.11 Å². The maximum Gasteiger partial charge on any atom is 0.0949 e. The van der Waals surface area contributed by atoms with Crippen LogP contribution in [-0.4, -0.2) is 21.3 Å². The van der Waals surface area contributed by atoms with E-state index in [0.717, 1.165) is 12.8 Å². The predicted molar refractivity (Wildman–Crippen MR) is 41.2 cm³/mol. The monoisotopic (exact) mass is 152 g/mol. The second-order valence-corrected chi connectivity index (χ2v) is 3.21. The summed E-state index contributed by atoms with van der Waals surface area (Å²) in [6.45, 7) is 0.288. The quantitative estimate of drug-likeness (QED) is 0.621. The first kappa shape index (κ1) is 6.85. The van der Waals surface area contributed by atoms with E-state index in [1.54, 1.807) is 0 Å². The molecule has 1 aromatic heterocycles. The summed E-state index contributed by atoms with van der Waals surface area (Å²) in [6, 6.07) is 0. The van der Waals surface area contributed by atoms with Crippen molar-refractivity contribution in [2.24, 2.45) is 13.0 Å². The van der Waals surface area contributed by atoms with Crippen LogP contribution >= 0.6 is 0 Å². The van der Waals surface area contributed by atoms with E-state index in [2.05, 4.69) is 4.98 Å². The van der Waals surface area contributed by atoms with Gasteiger partial charge in [-0.2, -0.15) is 0 Å². The SMILES string of the molecule is Cn1cnc2c1CC(CO)C2. The molecule has 0 spiro atoms. The number of hydrogen-bond acceptors (Lipinski definition) is 2. The molecule has 1 aliphatic carbocycles. The van der Waals surface area contributed by atoms with Gasteiger partial charge in [-0.15, -0.1) is 0 Å². The highest BCUT2D eigenvalue weighted by atomic mass is 16.3. The Balaban J connectivity index is 2.27. The smallest absolute Gasteiger partial charge is 0.0949 e. The first-order chi connectivity index (χ1) is 5.31. The van der Waals surface area contributed by atoms with E-state index in [1.807, 2.05) is 17.9 Å². The molecule has 1 aromatic rings. The summed E-state index contributed by atoms with van der Waals surface area (Å²) in [5.41, 5.74) is 2.47. The number of imidazole rings is 1. The molecule has 1 aliphatic rings. The summed E-state index contributed by atoms with van der Waals surface area (Å²) in [5.74, 6) is 0.417. The lowest BCUT2D eigenvalue weighted by Gasteiger charge is -2.02. The molecule has 60 valence electrons. The molecular formula is C8H12N2O. The van der Waals surface area contributed by atoms with Crippen LogP contribution in [0, 0.1) is 5.92 Å². The molecule has 3 nitrogen and oxygen atoms in total. The van der Waals surface area contributed by atoms with E-state index in [1.165, 1.54) is 11.4 Å². The second kappa shape index (κ2) is 2.34. The first-order valence-electron chi connectivity index (χ1n) is 3.91. The number of fused-ring (bicyclic) bond motifs is 1. The summed E-state index contributed by atoms with van der Waals surface area (Å²) in [5, 5.41) is 8.91. The molecule has 0 amide bonds. The van der Waals surface area contributed by atoms with E-state index < -0.39 is 0 Å².